The van der Waals surface area contributed by atoms with Crippen molar-refractivity contribution in [2.24, 2.45) is 0 Å². The Labute approximate surface area is 196 Å². The van der Waals surface area contributed by atoms with Crippen LogP contribution in [-0.2, 0) is 21.9 Å². The van der Waals surface area contributed by atoms with Gasteiger partial charge in [0.05, 0.1) is 12.9 Å². The predicted molar refractivity (Wildman–Crippen MR) is 133 cm³/mol. The van der Waals surface area contributed by atoms with Crippen LogP contribution in [0.4, 0.5) is 0 Å². The van der Waals surface area contributed by atoms with Crippen molar-refractivity contribution in [1.29, 1.82) is 0 Å². The first-order valence-corrected chi connectivity index (χ1v) is 12.3. The highest BCUT2D eigenvalue weighted by Crippen LogP contribution is 2.19. The predicted octanol–water partition coefficient (Wildman–Crippen LogP) is 4.88. The molecule has 0 heterocycles. The lowest BCUT2D eigenvalue weighted by atomic mass is 10.1. The Kier molecular flexibility index (Phi) is 10.6. The number of rotatable bonds is 12. The quantitative estimate of drug-likeness (QED) is 0.463. The van der Waals surface area contributed by atoms with Crippen molar-refractivity contribution in [3.8, 4) is 5.75 Å². The standard InChI is InChI=1S/C26H36N2O3S/c1-6-7-12-27-26(30)21(4)28(16-22-8-10-24(31-5)11-9-22)25(29)18-32-17-23-14-19(2)13-20(3)15-23/h8-11,13-15,21H,6-7,12,16-18H2,1-5H3,(H,27,30)/t21-/m0/s1. The number of thioether (sulfide) groups is 1. The molecular weight excluding hydrogens is 420 g/mol. The third kappa shape index (κ3) is 8.23. The Morgan fingerprint density at radius 3 is 2.31 bits per heavy atom. The summed E-state index contributed by atoms with van der Waals surface area (Å²) < 4.78 is 5.23. The second kappa shape index (κ2) is 13.2. The van der Waals surface area contributed by atoms with Gasteiger partial charge in [-0.3, -0.25) is 9.59 Å². The van der Waals surface area contributed by atoms with Crippen LogP contribution in [0.5, 0.6) is 5.75 Å². The number of benzene rings is 2. The second-order valence-corrected chi connectivity index (χ2v) is 9.16. The highest BCUT2D eigenvalue weighted by atomic mass is 32.2. The number of ether oxygens (including phenoxy) is 1. The van der Waals surface area contributed by atoms with Crippen LogP contribution >= 0.6 is 11.8 Å². The molecule has 0 aliphatic carbocycles. The summed E-state index contributed by atoms with van der Waals surface area (Å²) >= 11 is 1.58. The minimum atomic E-state index is -0.539. The van der Waals surface area contributed by atoms with E-state index in [0.717, 1.165) is 29.9 Å². The largest absolute Gasteiger partial charge is 0.497 e. The summed E-state index contributed by atoms with van der Waals surface area (Å²) in [5.74, 6) is 1.71. The monoisotopic (exact) mass is 456 g/mol. The molecule has 174 valence electrons. The first-order valence-electron chi connectivity index (χ1n) is 11.2. The molecule has 1 atom stereocenters. The maximum absolute atomic E-state index is 13.2. The maximum atomic E-state index is 13.2. The van der Waals surface area contributed by atoms with E-state index in [1.807, 2.05) is 24.3 Å². The number of aryl methyl sites for hydroxylation is 2. The van der Waals surface area contributed by atoms with E-state index in [4.69, 9.17) is 4.74 Å². The van der Waals surface area contributed by atoms with Crippen molar-refractivity contribution < 1.29 is 14.3 Å². The van der Waals surface area contributed by atoms with E-state index in [1.54, 1.807) is 30.7 Å². The lowest BCUT2D eigenvalue weighted by Crippen LogP contribution is -2.48. The molecular formula is C26H36N2O3S. The Balaban J connectivity index is 2.06. The number of carbonyl (C=O) groups excluding carboxylic acids is 2. The van der Waals surface area contributed by atoms with E-state index < -0.39 is 6.04 Å². The van der Waals surface area contributed by atoms with Crippen LogP contribution < -0.4 is 10.1 Å². The number of hydrogen-bond acceptors (Lipinski definition) is 4. The molecule has 32 heavy (non-hydrogen) atoms. The highest BCUT2D eigenvalue weighted by Gasteiger charge is 2.25. The summed E-state index contributed by atoms with van der Waals surface area (Å²) in [7, 11) is 1.63. The zero-order chi connectivity index (χ0) is 23.5. The lowest BCUT2D eigenvalue weighted by Gasteiger charge is -2.29. The third-order valence-corrected chi connectivity index (χ3v) is 6.27. The molecule has 2 aromatic rings. The number of amides is 2. The van der Waals surface area contributed by atoms with Crippen molar-refractivity contribution in [3.05, 3.63) is 64.7 Å². The van der Waals surface area contributed by atoms with Crippen molar-refractivity contribution in [2.75, 3.05) is 19.4 Å². The first-order chi connectivity index (χ1) is 15.3. The fourth-order valence-corrected chi connectivity index (χ4v) is 4.38. The average molecular weight is 457 g/mol. The number of methoxy groups -OCH3 is 1. The molecule has 0 aromatic heterocycles. The molecule has 0 fully saturated rings. The molecule has 0 unspecified atom stereocenters. The zero-order valence-corrected chi connectivity index (χ0v) is 20.8. The van der Waals surface area contributed by atoms with Gasteiger partial charge in [0.2, 0.25) is 11.8 Å². The van der Waals surface area contributed by atoms with Gasteiger partial charge in [0.15, 0.2) is 0 Å². The molecule has 0 aliphatic rings. The van der Waals surface area contributed by atoms with Gasteiger partial charge < -0.3 is 15.0 Å². The van der Waals surface area contributed by atoms with Gasteiger partial charge in [0.25, 0.3) is 0 Å². The van der Waals surface area contributed by atoms with Crippen LogP contribution in [0.1, 0.15) is 48.9 Å². The fraction of sp³-hybridized carbons (Fsp3) is 0.462. The van der Waals surface area contributed by atoms with E-state index >= 15 is 0 Å². The van der Waals surface area contributed by atoms with Crippen LogP contribution in [0.3, 0.4) is 0 Å². The van der Waals surface area contributed by atoms with Gasteiger partial charge in [-0.25, -0.2) is 0 Å². The Bertz CT molecular complexity index is 863. The van der Waals surface area contributed by atoms with E-state index in [2.05, 4.69) is 44.3 Å². The fourth-order valence-electron chi connectivity index (χ4n) is 3.54. The highest BCUT2D eigenvalue weighted by molar-refractivity contribution is 7.99. The number of nitrogens with one attached hydrogen (secondary N) is 1. The molecule has 5 nitrogen and oxygen atoms in total. The van der Waals surface area contributed by atoms with Crippen molar-refractivity contribution >= 4 is 23.6 Å². The average Bonchev–Trinajstić information content (AvgIpc) is 2.76. The van der Waals surface area contributed by atoms with Crippen LogP contribution in [0.2, 0.25) is 0 Å². The minimum Gasteiger partial charge on any atom is -0.497 e. The van der Waals surface area contributed by atoms with Crippen molar-refractivity contribution in [3.63, 3.8) is 0 Å². The van der Waals surface area contributed by atoms with Gasteiger partial charge in [0.1, 0.15) is 11.8 Å². The van der Waals surface area contributed by atoms with Gasteiger partial charge in [-0.15, -0.1) is 11.8 Å². The van der Waals surface area contributed by atoms with E-state index in [-0.39, 0.29) is 11.8 Å². The smallest absolute Gasteiger partial charge is 0.242 e. The molecule has 0 saturated carbocycles. The third-order valence-electron chi connectivity index (χ3n) is 5.28. The van der Waals surface area contributed by atoms with Crippen LogP contribution in [0, 0.1) is 13.8 Å². The van der Waals surface area contributed by atoms with E-state index in [1.165, 1.54) is 16.7 Å². The Morgan fingerprint density at radius 2 is 1.72 bits per heavy atom. The summed E-state index contributed by atoms with van der Waals surface area (Å²) in [6.07, 6.45) is 1.94. The van der Waals surface area contributed by atoms with Gasteiger partial charge >= 0.3 is 0 Å². The van der Waals surface area contributed by atoms with Gasteiger partial charge in [-0.05, 0) is 50.5 Å². The Morgan fingerprint density at radius 1 is 1.06 bits per heavy atom. The first kappa shape index (κ1) is 25.8. The number of hydrogen-bond donors (Lipinski definition) is 1. The summed E-state index contributed by atoms with van der Waals surface area (Å²) in [5.41, 5.74) is 4.63. The van der Waals surface area contributed by atoms with Crippen LogP contribution in [-0.4, -0.2) is 42.2 Å². The van der Waals surface area contributed by atoms with Crippen molar-refractivity contribution in [1.82, 2.24) is 10.2 Å². The summed E-state index contributed by atoms with van der Waals surface area (Å²) in [4.78, 5) is 27.5. The summed E-state index contributed by atoms with van der Waals surface area (Å²) in [6.45, 7) is 9.07. The zero-order valence-electron chi connectivity index (χ0n) is 19.9. The molecule has 0 aliphatic heterocycles. The van der Waals surface area contributed by atoms with Crippen LogP contribution in [0.25, 0.3) is 0 Å². The molecule has 0 radical (unpaired) electrons. The molecule has 2 aromatic carbocycles. The molecule has 1 N–H and O–H groups in total. The van der Waals surface area contributed by atoms with Gasteiger partial charge in [-0.2, -0.15) is 0 Å². The van der Waals surface area contributed by atoms with Crippen LogP contribution in [0.15, 0.2) is 42.5 Å². The summed E-state index contributed by atoms with van der Waals surface area (Å²) in [5, 5.41) is 2.96. The van der Waals surface area contributed by atoms with E-state index in [0.29, 0.717) is 18.8 Å². The molecule has 2 rings (SSSR count). The SMILES string of the molecule is CCCCNC(=O)[C@H](C)N(Cc1ccc(OC)cc1)C(=O)CSCc1cc(C)cc(C)c1. The summed E-state index contributed by atoms with van der Waals surface area (Å²) in [6, 6.07) is 13.5. The number of unbranched alkanes of at least 4 members (excludes halogenated alkanes) is 1. The van der Waals surface area contributed by atoms with Gasteiger partial charge in [-0.1, -0.05) is 54.8 Å². The molecule has 0 bridgehead atoms. The maximum Gasteiger partial charge on any atom is 0.242 e. The minimum absolute atomic E-state index is 0.0339. The lowest BCUT2D eigenvalue weighted by molar-refractivity contribution is -0.138. The van der Waals surface area contributed by atoms with E-state index in [9.17, 15) is 9.59 Å². The molecule has 0 spiro atoms. The van der Waals surface area contributed by atoms with Gasteiger partial charge in [0, 0.05) is 18.8 Å². The molecule has 2 amide bonds. The topological polar surface area (TPSA) is 58.6 Å². The number of carbonyl (C=O) groups is 2. The normalized spacial score (nSPS) is 11.7. The number of nitrogens with zero attached hydrogens (tertiary/aromatic N) is 1. The molecule has 0 saturated heterocycles. The molecule has 6 heteroatoms. The van der Waals surface area contributed by atoms with Crippen molar-refractivity contribution in [2.45, 2.75) is 58.9 Å². The Hall–Kier alpha value is -2.47. The second-order valence-electron chi connectivity index (χ2n) is 8.18.